The number of esters is 2. The molecule has 6 heteroatoms. The van der Waals surface area contributed by atoms with Gasteiger partial charge in [-0.15, -0.1) is 0 Å². The minimum Gasteiger partial charge on any atom is -0.466 e. The number of benzene rings is 1. The molecule has 1 aliphatic carbocycles. The fraction of sp³-hybridized carbons (Fsp3) is 0.565. The molecule has 1 aromatic carbocycles. The molecule has 0 bridgehead atoms. The topological polar surface area (TPSA) is 69.1 Å². The first-order valence-corrected chi connectivity index (χ1v) is 10.6. The molecule has 154 valence electrons. The number of para-hydroxylation sites is 1. The standard InChI is InChI=1S/C23H28N2O4/c1-14(29-15(2)26)22-9-6-11-25-12-10-23(21(22)25)17-7-4-5-8-18(17)24-19(23)16(13-22)20(27)28-3/h4-5,7-8,14,21,24H,6,9-13H2,1-3H3/p+1/t14-,21+,22+,23+/m1/s1. The quantitative estimate of drug-likeness (QED) is 0.758. The van der Waals surface area contributed by atoms with Gasteiger partial charge in [-0.3, -0.25) is 4.79 Å². The fourth-order valence-electron chi connectivity index (χ4n) is 7.07. The predicted molar refractivity (Wildman–Crippen MR) is 107 cm³/mol. The van der Waals surface area contributed by atoms with Crippen molar-refractivity contribution >= 4 is 17.6 Å². The van der Waals surface area contributed by atoms with Crippen molar-refractivity contribution in [2.24, 2.45) is 5.41 Å². The molecule has 1 spiro atoms. The maximum absolute atomic E-state index is 13.0. The van der Waals surface area contributed by atoms with Crippen LogP contribution in [0, 0.1) is 5.41 Å². The van der Waals surface area contributed by atoms with Crippen molar-refractivity contribution < 1.29 is 24.0 Å². The minimum absolute atomic E-state index is 0.247. The van der Waals surface area contributed by atoms with Gasteiger partial charge in [0.05, 0.1) is 36.6 Å². The Balaban J connectivity index is 1.77. The molecular weight excluding hydrogens is 368 g/mol. The van der Waals surface area contributed by atoms with Crippen LogP contribution in [0.4, 0.5) is 5.69 Å². The number of carbonyl (C=O) groups excluding carboxylic acids is 2. The number of ether oxygens (including phenoxy) is 2. The Morgan fingerprint density at radius 2 is 2.03 bits per heavy atom. The molecule has 2 fully saturated rings. The van der Waals surface area contributed by atoms with Crippen molar-refractivity contribution in [2.75, 3.05) is 25.5 Å². The van der Waals surface area contributed by atoms with Crippen LogP contribution in [0.1, 0.15) is 45.1 Å². The molecule has 3 heterocycles. The lowest BCUT2D eigenvalue weighted by Gasteiger charge is -2.54. The Morgan fingerprint density at radius 3 is 2.79 bits per heavy atom. The summed E-state index contributed by atoms with van der Waals surface area (Å²) in [5.74, 6) is -0.531. The van der Waals surface area contributed by atoms with Gasteiger partial charge in [-0.25, -0.2) is 4.79 Å². The average molecular weight is 397 g/mol. The van der Waals surface area contributed by atoms with Crippen molar-refractivity contribution in [2.45, 2.75) is 57.1 Å². The fourth-order valence-corrected chi connectivity index (χ4v) is 7.07. The van der Waals surface area contributed by atoms with Crippen LogP contribution in [0.15, 0.2) is 35.5 Å². The van der Waals surface area contributed by atoms with E-state index >= 15 is 0 Å². The van der Waals surface area contributed by atoms with E-state index in [1.165, 1.54) is 19.6 Å². The Kier molecular flexibility index (Phi) is 4.07. The number of piperidine rings is 1. The SMILES string of the molecule is COC(=O)C1=C2Nc3ccccc3[C@@]23CC[NH+]2CCC[C@@]([C@@H](C)OC(C)=O)(C1)[C@H]23. The number of methoxy groups -OCH3 is 1. The highest BCUT2D eigenvalue weighted by Gasteiger charge is 2.71. The number of anilines is 1. The third-order valence-corrected chi connectivity index (χ3v) is 7.96. The monoisotopic (exact) mass is 397 g/mol. The van der Waals surface area contributed by atoms with Gasteiger partial charge in [-0.1, -0.05) is 18.2 Å². The lowest BCUT2D eigenvalue weighted by atomic mass is 9.53. The Hall–Kier alpha value is -2.34. The molecule has 1 unspecified atom stereocenters. The summed E-state index contributed by atoms with van der Waals surface area (Å²) in [7, 11) is 1.45. The highest BCUT2D eigenvalue weighted by atomic mass is 16.5. The van der Waals surface area contributed by atoms with Crippen LogP contribution in [0.3, 0.4) is 0 Å². The number of hydrogen-bond acceptors (Lipinski definition) is 5. The highest BCUT2D eigenvalue weighted by molar-refractivity contribution is 5.93. The normalized spacial score (nSPS) is 35.1. The average Bonchev–Trinajstić information content (AvgIpc) is 3.27. The van der Waals surface area contributed by atoms with Gasteiger partial charge in [-0.2, -0.15) is 0 Å². The largest absolute Gasteiger partial charge is 0.466 e. The second kappa shape index (κ2) is 6.33. The van der Waals surface area contributed by atoms with E-state index in [0.717, 1.165) is 49.3 Å². The molecule has 5 rings (SSSR count). The van der Waals surface area contributed by atoms with Gasteiger partial charge < -0.3 is 19.7 Å². The van der Waals surface area contributed by atoms with Gasteiger partial charge in [-0.05, 0) is 37.8 Å². The van der Waals surface area contributed by atoms with Gasteiger partial charge in [0.2, 0.25) is 0 Å². The number of nitrogens with one attached hydrogen (secondary N) is 2. The molecule has 0 saturated carbocycles. The maximum atomic E-state index is 13.0. The Labute approximate surface area is 171 Å². The first-order chi connectivity index (χ1) is 13.9. The van der Waals surface area contributed by atoms with Gasteiger partial charge in [0, 0.05) is 24.7 Å². The van der Waals surface area contributed by atoms with Crippen LogP contribution in [0.5, 0.6) is 0 Å². The molecule has 0 aromatic heterocycles. The zero-order valence-electron chi connectivity index (χ0n) is 17.3. The molecule has 0 amide bonds. The first kappa shape index (κ1) is 18.7. The van der Waals surface area contributed by atoms with E-state index in [0.29, 0.717) is 6.42 Å². The van der Waals surface area contributed by atoms with E-state index in [1.54, 1.807) is 4.90 Å². The van der Waals surface area contributed by atoms with Gasteiger partial charge in [0.15, 0.2) is 0 Å². The first-order valence-electron chi connectivity index (χ1n) is 10.6. The maximum Gasteiger partial charge on any atom is 0.335 e. The smallest absolute Gasteiger partial charge is 0.335 e. The summed E-state index contributed by atoms with van der Waals surface area (Å²) >= 11 is 0. The van der Waals surface area contributed by atoms with Gasteiger partial charge in [0.25, 0.3) is 0 Å². The number of rotatable bonds is 3. The molecule has 1 aromatic rings. The second-order valence-electron chi connectivity index (χ2n) is 9.09. The second-order valence-corrected chi connectivity index (χ2v) is 9.09. The predicted octanol–water partition coefficient (Wildman–Crippen LogP) is 1.57. The number of hydrogen-bond donors (Lipinski definition) is 2. The van der Waals surface area contributed by atoms with E-state index in [2.05, 4.69) is 23.5 Å². The number of carbonyl (C=O) groups is 2. The van der Waals surface area contributed by atoms with E-state index in [1.807, 2.05) is 13.0 Å². The van der Waals surface area contributed by atoms with E-state index in [-0.39, 0.29) is 34.9 Å². The summed E-state index contributed by atoms with van der Waals surface area (Å²) in [4.78, 5) is 26.4. The summed E-state index contributed by atoms with van der Waals surface area (Å²) in [6, 6.07) is 8.70. The number of fused-ring (bicyclic) bond motifs is 1. The van der Waals surface area contributed by atoms with Crippen LogP contribution < -0.4 is 10.2 Å². The molecule has 2 N–H and O–H groups in total. The Bertz CT molecular complexity index is 925. The van der Waals surface area contributed by atoms with E-state index < -0.39 is 0 Å². The Morgan fingerprint density at radius 1 is 1.24 bits per heavy atom. The minimum atomic E-state index is -0.276. The third-order valence-electron chi connectivity index (χ3n) is 7.96. The van der Waals surface area contributed by atoms with Crippen LogP contribution in [0.2, 0.25) is 0 Å². The van der Waals surface area contributed by atoms with E-state index in [4.69, 9.17) is 9.47 Å². The van der Waals surface area contributed by atoms with Crippen LogP contribution >= 0.6 is 0 Å². The van der Waals surface area contributed by atoms with Crippen LogP contribution in [-0.4, -0.2) is 44.3 Å². The van der Waals surface area contributed by atoms with Crippen molar-refractivity contribution in [1.82, 2.24) is 0 Å². The highest BCUT2D eigenvalue weighted by Crippen LogP contribution is 2.61. The summed E-state index contributed by atoms with van der Waals surface area (Å²) in [5, 5.41) is 3.61. The summed E-state index contributed by atoms with van der Waals surface area (Å²) in [6.45, 7) is 5.68. The lowest BCUT2D eigenvalue weighted by Crippen LogP contribution is -3.18. The van der Waals surface area contributed by atoms with E-state index in [9.17, 15) is 9.59 Å². The van der Waals surface area contributed by atoms with Crippen LogP contribution in [0.25, 0.3) is 0 Å². The molecule has 2 saturated heterocycles. The molecule has 29 heavy (non-hydrogen) atoms. The van der Waals surface area contributed by atoms with Gasteiger partial charge >= 0.3 is 11.9 Å². The van der Waals surface area contributed by atoms with Crippen molar-refractivity contribution in [1.29, 1.82) is 0 Å². The molecule has 3 aliphatic heterocycles. The summed E-state index contributed by atoms with van der Waals surface area (Å²) < 4.78 is 11.1. The molecule has 6 nitrogen and oxygen atoms in total. The van der Waals surface area contributed by atoms with Crippen molar-refractivity contribution in [3.63, 3.8) is 0 Å². The van der Waals surface area contributed by atoms with Crippen molar-refractivity contribution in [3.05, 3.63) is 41.1 Å². The lowest BCUT2D eigenvalue weighted by molar-refractivity contribution is -0.929. The zero-order valence-corrected chi connectivity index (χ0v) is 17.3. The summed E-state index contributed by atoms with van der Waals surface area (Å²) in [6.07, 6.45) is 3.34. The molecule has 5 atom stereocenters. The number of quaternary nitrogens is 1. The zero-order chi connectivity index (χ0) is 20.4. The third kappa shape index (κ3) is 2.32. The van der Waals surface area contributed by atoms with Crippen LogP contribution in [-0.2, 0) is 24.5 Å². The van der Waals surface area contributed by atoms with Crippen molar-refractivity contribution in [3.8, 4) is 0 Å². The summed E-state index contributed by atoms with van der Waals surface area (Å²) in [5.41, 5.74) is 3.59. The molecular formula is C23H29N2O4+. The molecule has 0 radical (unpaired) electrons. The van der Waals surface area contributed by atoms with Gasteiger partial charge in [0.1, 0.15) is 12.1 Å². The molecule has 4 aliphatic rings.